The van der Waals surface area contributed by atoms with Gasteiger partial charge in [0.1, 0.15) is 16.2 Å². The van der Waals surface area contributed by atoms with Crippen LogP contribution in [0.2, 0.25) is 0 Å². The van der Waals surface area contributed by atoms with Crippen molar-refractivity contribution in [2.24, 2.45) is 4.40 Å². The molecule has 0 fully saturated rings. The van der Waals surface area contributed by atoms with E-state index >= 15 is 0 Å². The van der Waals surface area contributed by atoms with Crippen LogP contribution >= 0.6 is 10.8 Å². The summed E-state index contributed by atoms with van der Waals surface area (Å²) in [4.78, 5) is 17.8. The van der Waals surface area contributed by atoms with Gasteiger partial charge in [0, 0.05) is 17.8 Å². The van der Waals surface area contributed by atoms with Crippen molar-refractivity contribution in [3.63, 3.8) is 0 Å². The molecule has 4 aromatic rings. The highest BCUT2D eigenvalue weighted by Gasteiger charge is 2.30. The zero-order chi connectivity index (χ0) is 22.3. The van der Waals surface area contributed by atoms with Gasteiger partial charge in [0.05, 0.1) is 17.7 Å². The fourth-order valence-electron chi connectivity index (χ4n) is 3.61. The summed E-state index contributed by atoms with van der Waals surface area (Å²) in [6.07, 6.45) is 3.34. The molecule has 10 heteroatoms. The Hall–Kier alpha value is -3.86. The van der Waals surface area contributed by atoms with E-state index in [-0.39, 0.29) is 22.0 Å². The number of aromatic hydroxyl groups is 1. The van der Waals surface area contributed by atoms with Crippen LogP contribution in [0.1, 0.15) is 11.1 Å². The lowest BCUT2D eigenvalue weighted by Gasteiger charge is -2.34. The second-order valence-corrected chi connectivity index (χ2v) is 8.82. The van der Waals surface area contributed by atoms with Gasteiger partial charge >= 0.3 is 0 Å². The van der Waals surface area contributed by atoms with Gasteiger partial charge in [0.15, 0.2) is 5.84 Å². The van der Waals surface area contributed by atoms with Crippen LogP contribution in [0.15, 0.2) is 87.1 Å². The van der Waals surface area contributed by atoms with Gasteiger partial charge in [-0.2, -0.15) is 0 Å². The van der Waals surface area contributed by atoms with Crippen molar-refractivity contribution in [1.29, 1.82) is 0 Å². The number of nitrogens with one attached hydrogen (secondary N) is 2. The molecule has 0 unspecified atom stereocenters. The minimum Gasteiger partial charge on any atom is -0.506 e. The number of anilines is 1. The van der Waals surface area contributed by atoms with Crippen molar-refractivity contribution in [2.75, 3.05) is 10.7 Å². The second-order valence-electron chi connectivity index (χ2n) is 7.16. The Kier molecular flexibility index (Phi) is 4.82. The molecule has 0 atom stereocenters. The number of aromatic nitrogens is 2. The van der Waals surface area contributed by atoms with Gasteiger partial charge in [0.25, 0.3) is 5.56 Å². The molecule has 0 radical (unpaired) electrons. The highest BCUT2D eigenvalue weighted by atomic mass is 32.3. The zero-order valence-electron chi connectivity index (χ0n) is 16.6. The Morgan fingerprint density at radius 2 is 1.81 bits per heavy atom. The van der Waals surface area contributed by atoms with Crippen LogP contribution < -0.4 is 16.3 Å². The summed E-state index contributed by atoms with van der Waals surface area (Å²) in [5.74, 6) is -0.417. The maximum atomic E-state index is 13.5. The van der Waals surface area contributed by atoms with E-state index in [4.69, 9.17) is 0 Å². The molecule has 0 saturated carbocycles. The smallest absolute Gasteiger partial charge is 0.284 e. The van der Waals surface area contributed by atoms with Gasteiger partial charge in [-0.3, -0.25) is 18.9 Å². The molecule has 0 spiro atoms. The van der Waals surface area contributed by atoms with Crippen LogP contribution in [0.5, 0.6) is 5.75 Å². The van der Waals surface area contributed by atoms with Crippen LogP contribution in [0.4, 0.5) is 5.69 Å². The molecule has 2 aromatic heterocycles. The molecule has 5 N–H and O–H groups in total. The van der Waals surface area contributed by atoms with Crippen LogP contribution in [-0.2, 0) is 6.54 Å². The fourth-order valence-corrected chi connectivity index (χ4v) is 4.78. The SMILES string of the molecule is O=c1c(C2=NS(O)(O)c3ccccc3N2)c(O)c2ccccc2n1NCc1cccnc1. The normalized spacial score (nSPS) is 15.4. The first-order valence-electron chi connectivity index (χ1n) is 9.70. The van der Waals surface area contributed by atoms with Crippen molar-refractivity contribution in [2.45, 2.75) is 11.4 Å². The average molecular weight is 449 g/mol. The first-order valence-corrected chi connectivity index (χ1v) is 11.2. The number of para-hydroxylation sites is 2. The fraction of sp³-hybridized carbons (Fsp3) is 0.0455. The number of hydrogen-bond acceptors (Lipinski definition) is 8. The summed E-state index contributed by atoms with van der Waals surface area (Å²) in [5, 5.41) is 14.3. The van der Waals surface area contributed by atoms with Crippen molar-refractivity contribution >= 4 is 33.2 Å². The van der Waals surface area contributed by atoms with Gasteiger partial charge in [-0.1, -0.05) is 41.1 Å². The van der Waals surface area contributed by atoms with E-state index in [0.29, 0.717) is 23.1 Å². The molecule has 0 bridgehead atoms. The Bertz CT molecular complexity index is 1420. The summed E-state index contributed by atoms with van der Waals surface area (Å²) in [5.41, 5.74) is 4.03. The number of fused-ring (bicyclic) bond motifs is 2. The second kappa shape index (κ2) is 7.68. The number of benzene rings is 2. The van der Waals surface area contributed by atoms with Gasteiger partial charge in [-0.05, 0) is 35.9 Å². The monoisotopic (exact) mass is 449 g/mol. The number of amidine groups is 1. The summed E-state index contributed by atoms with van der Waals surface area (Å²) in [6.45, 7) is 0.305. The molecule has 1 aliphatic heterocycles. The van der Waals surface area contributed by atoms with E-state index < -0.39 is 16.3 Å². The molecular formula is C22H19N5O4S. The Balaban J connectivity index is 1.68. The molecule has 0 amide bonds. The molecular weight excluding hydrogens is 430 g/mol. The number of hydrogen-bond donors (Lipinski definition) is 5. The average Bonchev–Trinajstić information content (AvgIpc) is 2.79. The molecule has 1 aliphatic rings. The maximum Gasteiger partial charge on any atom is 0.284 e. The molecule has 2 aromatic carbocycles. The largest absolute Gasteiger partial charge is 0.506 e. The van der Waals surface area contributed by atoms with E-state index in [1.165, 1.54) is 4.68 Å². The first-order chi connectivity index (χ1) is 15.5. The minimum atomic E-state index is -3.56. The van der Waals surface area contributed by atoms with E-state index in [1.807, 2.05) is 6.07 Å². The van der Waals surface area contributed by atoms with Gasteiger partial charge < -0.3 is 15.8 Å². The number of pyridine rings is 2. The summed E-state index contributed by atoms with van der Waals surface area (Å²) < 4.78 is 26.5. The Morgan fingerprint density at radius 3 is 2.62 bits per heavy atom. The van der Waals surface area contributed by atoms with Crippen molar-refractivity contribution in [3.05, 3.63) is 94.5 Å². The predicted molar refractivity (Wildman–Crippen MR) is 125 cm³/mol. The number of nitrogens with zero attached hydrogens (tertiary/aromatic N) is 3. The maximum absolute atomic E-state index is 13.5. The van der Waals surface area contributed by atoms with E-state index in [2.05, 4.69) is 20.1 Å². The Morgan fingerprint density at radius 1 is 1.03 bits per heavy atom. The Labute approximate surface area is 184 Å². The lowest BCUT2D eigenvalue weighted by molar-refractivity contribution is 0.478. The summed E-state index contributed by atoms with van der Waals surface area (Å²) in [6, 6.07) is 17.1. The van der Waals surface area contributed by atoms with Crippen LogP contribution in [0, 0.1) is 0 Å². The molecule has 0 aliphatic carbocycles. The van der Waals surface area contributed by atoms with Crippen LogP contribution in [0.25, 0.3) is 10.9 Å². The van der Waals surface area contributed by atoms with Crippen LogP contribution in [0.3, 0.4) is 0 Å². The molecule has 3 heterocycles. The topological polar surface area (TPSA) is 132 Å². The third-order valence-corrected chi connectivity index (χ3v) is 6.49. The zero-order valence-corrected chi connectivity index (χ0v) is 17.5. The third kappa shape index (κ3) is 3.36. The van der Waals surface area contributed by atoms with Crippen molar-refractivity contribution in [3.8, 4) is 5.75 Å². The molecule has 5 rings (SSSR count). The standard InChI is InChI=1S/C22H19N5O4S/c28-20-15-7-1-3-9-17(15)27(24-13-14-6-5-11-23-12-14)22(29)19(20)21-25-16-8-2-4-10-18(16)32(30,31)26-21/h1-12,24,28,30-31H,13H2,(H,25,26). The number of rotatable bonds is 4. The van der Waals surface area contributed by atoms with Gasteiger partial charge in [-0.15, -0.1) is 4.40 Å². The van der Waals surface area contributed by atoms with E-state index in [0.717, 1.165) is 5.56 Å². The summed E-state index contributed by atoms with van der Waals surface area (Å²) >= 11 is 0. The van der Waals surface area contributed by atoms with E-state index in [1.54, 1.807) is 67.0 Å². The molecule has 32 heavy (non-hydrogen) atoms. The third-order valence-electron chi connectivity index (χ3n) is 5.11. The predicted octanol–water partition coefficient (Wildman–Crippen LogP) is 3.74. The van der Waals surface area contributed by atoms with Crippen LogP contribution in [-0.4, -0.2) is 29.7 Å². The summed E-state index contributed by atoms with van der Waals surface area (Å²) in [7, 11) is -3.56. The molecule has 0 saturated heterocycles. The minimum absolute atomic E-state index is 0.117. The molecule has 162 valence electrons. The first kappa shape index (κ1) is 20.1. The van der Waals surface area contributed by atoms with Gasteiger partial charge in [0.2, 0.25) is 0 Å². The van der Waals surface area contributed by atoms with E-state index in [9.17, 15) is 19.0 Å². The quantitative estimate of drug-likeness (QED) is 0.321. The lowest BCUT2D eigenvalue weighted by Crippen LogP contribution is -2.36. The van der Waals surface area contributed by atoms with Gasteiger partial charge in [-0.25, -0.2) is 4.68 Å². The highest BCUT2D eigenvalue weighted by molar-refractivity contribution is 8.23. The van der Waals surface area contributed by atoms with Crippen molar-refractivity contribution < 1.29 is 14.2 Å². The lowest BCUT2D eigenvalue weighted by atomic mass is 10.1. The molecule has 9 nitrogen and oxygen atoms in total. The highest BCUT2D eigenvalue weighted by Crippen LogP contribution is 2.55. The van der Waals surface area contributed by atoms with Crippen molar-refractivity contribution in [1.82, 2.24) is 9.66 Å².